The van der Waals surface area contributed by atoms with Crippen molar-refractivity contribution in [1.82, 2.24) is 34.7 Å². The number of nitrogens with two attached hydrogens (primary N) is 1. The van der Waals surface area contributed by atoms with Gasteiger partial charge in [0.25, 0.3) is 5.91 Å². The Kier molecular flexibility index (Phi) is 7.88. The van der Waals surface area contributed by atoms with E-state index in [1.165, 1.54) is 0 Å². The second-order valence-corrected chi connectivity index (χ2v) is 13.8. The van der Waals surface area contributed by atoms with Crippen molar-refractivity contribution in [2.45, 2.75) is 82.0 Å². The highest BCUT2D eigenvalue weighted by Crippen LogP contribution is 2.54. The van der Waals surface area contributed by atoms with Gasteiger partial charge in [-0.3, -0.25) is 9.69 Å². The molecule has 0 radical (unpaired) electrons. The molecule has 4 aliphatic rings. The van der Waals surface area contributed by atoms with E-state index in [2.05, 4.69) is 28.3 Å². The lowest BCUT2D eigenvalue weighted by Crippen LogP contribution is -2.44. The third-order valence-electron chi connectivity index (χ3n) is 11.1. The van der Waals surface area contributed by atoms with Crippen molar-refractivity contribution in [3.63, 3.8) is 0 Å². The van der Waals surface area contributed by atoms with Gasteiger partial charge in [-0.2, -0.15) is 15.3 Å². The molecule has 8 rings (SSSR count). The SMILES string of the molecule is CO[C@H]1CCN(C)[C@@H]1[C@H](C)Oc1cc(-n2ccc(C(=O)N3CCCC3)n2)nc(-c2noc3c2CCC[C@@]32CCc3ccc(N)c(C#N)c32)n1. The largest absolute Gasteiger partial charge is 0.473 e. The van der Waals surface area contributed by atoms with Gasteiger partial charge in [-0.25, -0.2) is 9.67 Å². The molecular formula is C36H41N9O4. The molecule has 0 unspecified atom stereocenters. The quantitative estimate of drug-likeness (QED) is 0.284. The highest BCUT2D eigenvalue weighted by Gasteiger charge is 2.49. The van der Waals surface area contributed by atoms with Crippen LogP contribution in [-0.2, 0) is 23.0 Å². The van der Waals surface area contributed by atoms with Crippen LogP contribution in [0.2, 0.25) is 0 Å². The van der Waals surface area contributed by atoms with E-state index in [0.717, 1.165) is 93.5 Å². The van der Waals surface area contributed by atoms with Crippen LogP contribution in [0.15, 0.2) is 35.0 Å². The van der Waals surface area contributed by atoms with E-state index >= 15 is 0 Å². The van der Waals surface area contributed by atoms with Gasteiger partial charge in [-0.1, -0.05) is 11.2 Å². The predicted octanol–water partition coefficient (Wildman–Crippen LogP) is 4.06. The van der Waals surface area contributed by atoms with Gasteiger partial charge in [-0.15, -0.1) is 0 Å². The molecule has 2 saturated heterocycles. The Balaban J connectivity index is 1.21. The lowest BCUT2D eigenvalue weighted by atomic mass is 9.68. The Bertz CT molecular complexity index is 1960. The number of aryl methyl sites for hydroxylation is 1. The first-order chi connectivity index (χ1) is 23.8. The monoisotopic (exact) mass is 663 g/mol. The number of amides is 1. The number of nitrogen functional groups attached to an aromatic ring is 1. The number of hydrogen-bond donors (Lipinski definition) is 1. The third kappa shape index (κ3) is 5.16. The molecule has 5 heterocycles. The minimum atomic E-state index is -0.491. The molecule has 1 amide bonds. The third-order valence-corrected chi connectivity index (χ3v) is 11.1. The van der Waals surface area contributed by atoms with Crippen LogP contribution >= 0.6 is 0 Å². The maximum absolute atomic E-state index is 13.2. The number of likely N-dealkylation sites (tertiary alicyclic amines) is 2. The maximum Gasteiger partial charge on any atom is 0.274 e. The summed E-state index contributed by atoms with van der Waals surface area (Å²) < 4.78 is 20.2. The molecule has 2 aliphatic carbocycles. The lowest BCUT2D eigenvalue weighted by molar-refractivity contribution is 0.0174. The Morgan fingerprint density at radius 1 is 1.14 bits per heavy atom. The van der Waals surface area contributed by atoms with Crippen LogP contribution in [0.5, 0.6) is 5.88 Å². The van der Waals surface area contributed by atoms with Gasteiger partial charge in [0.2, 0.25) is 5.88 Å². The number of methoxy groups -OCH3 is 1. The van der Waals surface area contributed by atoms with Crippen LogP contribution < -0.4 is 10.5 Å². The molecule has 1 aromatic carbocycles. The van der Waals surface area contributed by atoms with E-state index in [1.54, 1.807) is 30.1 Å². The van der Waals surface area contributed by atoms with Gasteiger partial charge in [-0.05, 0) is 88.6 Å². The van der Waals surface area contributed by atoms with Crippen molar-refractivity contribution in [3.05, 3.63) is 64.2 Å². The molecule has 1 spiro atoms. The number of fused-ring (bicyclic) bond motifs is 4. The van der Waals surface area contributed by atoms with Gasteiger partial charge in [0.15, 0.2) is 28.8 Å². The molecule has 2 N–H and O–H groups in total. The van der Waals surface area contributed by atoms with Crippen molar-refractivity contribution < 1.29 is 18.8 Å². The average Bonchev–Trinajstić information content (AvgIpc) is 3.95. The molecule has 254 valence electrons. The van der Waals surface area contributed by atoms with Crippen LogP contribution in [0.3, 0.4) is 0 Å². The fraction of sp³-hybridized carbons (Fsp3) is 0.500. The number of carbonyl (C=O) groups excluding carboxylic acids is 1. The maximum atomic E-state index is 13.2. The summed E-state index contributed by atoms with van der Waals surface area (Å²) in [7, 11) is 3.81. The first-order valence-corrected chi connectivity index (χ1v) is 17.3. The summed E-state index contributed by atoms with van der Waals surface area (Å²) in [5.41, 5.74) is 10.8. The second kappa shape index (κ2) is 12.3. The van der Waals surface area contributed by atoms with E-state index in [4.69, 9.17) is 29.7 Å². The van der Waals surface area contributed by atoms with E-state index in [9.17, 15) is 10.1 Å². The second-order valence-electron chi connectivity index (χ2n) is 13.8. The van der Waals surface area contributed by atoms with Crippen LogP contribution in [0, 0.1) is 11.3 Å². The zero-order valence-electron chi connectivity index (χ0n) is 28.2. The molecule has 13 heteroatoms. The zero-order valence-corrected chi connectivity index (χ0v) is 28.2. The Morgan fingerprint density at radius 2 is 1.98 bits per heavy atom. The predicted molar refractivity (Wildman–Crippen MR) is 179 cm³/mol. The molecule has 2 fully saturated rings. The van der Waals surface area contributed by atoms with Crippen molar-refractivity contribution >= 4 is 11.6 Å². The van der Waals surface area contributed by atoms with Crippen molar-refractivity contribution in [3.8, 4) is 29.3 Å². The van der Waals surface area contributed by atoms with E-state index in [-0.39, 0.29) is 24.2 Å². The van der Waals surface area contributed by atoms with Gasteiger partial charge >= 0.3 is 0 Å². The van der Waals surface area contributed by atoms with Crippen LogP contribution in [0.4, 0.5) is 5.69 Å². The fourth-order valence-corrected chi connectivity index (χ4v) is 8.72. The van der Waals surface area contributed by atoms with Crippen LogP contribution in [0.25, 0.3) is 17.3 Å². The summed E-state index contributed by atoms with van der Waals surface area (Å²) in [6.45, 7) is 4.41. The highest BCUT2D eigenvalue weighted by atomic mass is 16.5. The highest BCUT2D eigenvalue weighted by molar-refractivity contribution is 5.92. The molecule has 0 saturated carbocycles. The Labute approximate surface area is 285 Å². The number of aromatic nitrogens is 5. The number of hydrogen-bond acceptors (Lipinski definition) is 11. The van der Waals surface area contributed by atoms with Crippen LogP contribution in [0.1, 0.15) is 84.0 Å². The standard InChI is InChI=1S/C36H41N9O4/c1-21(32-27(47-3)12-17-43(32)2)48-29-19-28(45-18-11-26(41-45)35(46)44-15-4-5-16-44)39-34(40-29)31-23-7-6-13-36(33(23)49-42-31)14-10-22-8-9-25(38)24(20-37)30(22)36/h8-9,11,18-19,21,27,32H,4-7,10,12-17,38H2,1-3H3/t21-,27-,32+,36-/m0/s1. The molecule has 0 bridgehead atoms. The average molecular weight is 664 g/mol. The number of carbonyl (C=O) groups is 1. The molecule has 3 aromatic heterocycles. The number of likely N-dealkylation sites (N-methyl/N-ethyl adjacent to an activating group) is 1. The summed E-state index contributed by atoms with van der Waals surface area (Å²) in [5.74, 6) is 1.82. The fourth-order valence-electron chi connectivity index (χ4n) is 8.72. The minimum absolute atomic E-state index is 0.0325. The topological polar surface area (TPSA) is 161 Å². The zero-order chi connectivity index (χ0) is 33.9. The summed E-state index contributed by atoms with van der Waals surface area (Å²) >= 11 is 0. The lowest BCUT2D eigenvalue weighted by Gasteiger charge is -2.33. The first-order valence-electron chi connectivity index (χ1n) is 17.3. The first kappa shape index (κ1) is 31.5. The van der Waals surface area contributed by atoms with E-state index in [0.29, 0.717) is 40.2 Å². The Morgan fingerprint density at radius 3 is 2.78 bits per heavy atom. The van der Waals surface area contributed by atoms with Gasteiger partial charge in [0.05, 0.1) is 23.1 Å². The summed E-state index contributed by atoms with van der Waals surface area (Å²) in [4.78, 5) is 27.1. The molecule has 49 heavy (non-hydrogen) atoms. The molecule has 2 aliphatic heterocycles. The molecule has 4 aromatic rings. The van der Waals surface area contributed by atoms with E-state index < -0.39 is 5.41 Å². The number of nitriles is 1. The molecule has 4 atom stereocenters. The number of rotatable bonds is 7. The smallest absolute Gasteiger partial charge is 0.274 e. The van der Waals surface area contributed by atoms with E-state index in [1.807, 2.05) is 24.0 Å². The number of anilines is 1. The normalized spacial score (nSPS) is 23.8. The van der Waals surface area contributed by atoms with Gasteiger partial charge < -0.3 is 24.6 Å². The number of ether oxygens (including phenoxy) is 2. The molecule has 13 nitrogen and oxygen atoms in total. The van der Waals surface area contributed by atoms with Gasteiger partial charge in [0, 0.05) is 50.3 Å². The van der Waals surface area contributed by atoms with Gasteiger partial charge in [0.1, 0.15) is 12.2 Å². The Hall–Kier alpha value is -4.80. The summed E-state index contributed by atoms with van der Waals surface area (Å²) in [5, 5.41) is 19.4. The van der Waals surface area contributed by atoms with Crippen LogP contribution in [-0.4, -0.2) is 92.7 Å². The summed E-state index contributed by atoms with van der Waals surface area (Å²) in [6, 6.07) is 9.73. The van der Waals surface area contributed by atoms with Crippen molar-refractivity contribution in [2.75, 3.05) is 39.5 Å². The molecular weight excluding hydrogens is 622 g/mol. The number of nitrogens with zero attached hydrogens (tertiary/aromatic N) is 8. The number of benzene rings is 1. The summed E-state index contributed by atoms with van der Waals surface area (Å²) in [6.07, 6.45) is 8.53. The minimum Gasteiger partial charge on any atom is -0.473 e. The van der Waals surface area contributed by atoms with Crippen molar-refractivity contribution in [2.24, 2.45) is 0 Å². The van der Waals surface area contributed by atoms with Crippen molar-refractivity contribution in [1.29, 1.82) is 5.26 Å².